The second-order valence-electron chi connectivity index (χ2n) is 5.94. The van der Waals surface area contributed by atoms with E-state index in [1.165, 1.54) is 5.56 Å². The van der Waals surface area contributed by atoms with Gasteiger partial charge in [-0.1, -0.05) is 39.0 Å². The number of para-hydroxylation sites is 1. The molecule has 1 heterocycles. The number of hydrogen-bond donors (Lipinski definition) is 1. The number of nitrogens with two attached hydrogens (primary N) is 1. The third-order valence-electron chi connectivity index (χ3n) is 3.40. The first-order valence-electron chi connectivity index (χ1n) is 6.65. The van der Waals surface area contributed by atoms with Crippen LogP contribution in [0.4, 0.5) is 5.69 Å². The van der Waals surface area contributed by atoms with Crippen molar-refractivity contribution in [3.8, 4) is 0 Å². The molecule has 0 aromatic heterocycles. The molecule has 1 aromatic rings. The highest BCUT2D eigenvalue weighted by Crippen LogP contribution is 2.32. The summed E-state index contributed by atoms with van der Waals surface area (Å²) in [7, 11) is 0. The largest absolute Gasteiger partial charge is 0.365 e. The van der Waals surface area contributed by atoms with Crippen molar-refractivity contribution in [1.29, 1.82) is 0 Å². The second kappa shape index (κ2) is 5.31. The predicted octanol–water partition coefficient (Wildman–Crippen LogP) is 1.67. The topological polar surface area (TPSA) is 55.6 Å². The molecule has 2 rings (SSSR count). The van der Waals surface area contributed by atoms with E-state index in [0.717, 1.165) is 5.69 Å². The van der Waals surface area contributed by atoms with Gasteiger partial charge >= 0.3 is 0 Å². The molecule has 104 valence electrons. The number of amides is 1. The first-order valence-corrected chi connectivity index (χ1v) is 6.65. The molecule has 0 saturated carbocycles. The number of nitrogens with zero attached hydrogens (tertiary/aromatic N) is 1. The zero-order valence-electron chi connectivity index (χ0n) is 11.8. The molecule has 1 atom stereocenters. The van der Waals surface area contributed by atoms with Crippen LogP contribution in [0.1, 0.15) is 26.3 Å². The van der Waals surface area contributed by atoms with Crippen LogP contribution in [0.2, 0.25) is 0 Å². The van der Waals surface area contributed by atoms with E-state index in [1.807, 2.05) is 23.1 Å². The fraction of sp³-hybridized carbons (Fsp3) is 0.533. The minimum Gasteiger partial charge on any atom is -0.365 e. The Morgan fingerprint density at radius 2 is 2.05 bits per heavy atom. The van der Waals surface area contributed by atoms with Crippen molar-refractivity contribution in [2.75, 3.05) is 24.6 Å². The van der Waals surface area contributed by atoms with E-state index in [9.17, 15) is 4.79 Å². The summed E-state index contributed by atoms with van der Waals surface area (Å²) in [6, 6.07) is 8.05. The molecular weight excluding hydrogens is 240 g/mol. The number of carbonyl (C=O) groups excluding carboxylic acids is 1. The van der Waals surface area contributed by atoms with Gasteiger partial charge in [0, 0.05) is 12.2 Å². The molecule has 0 aliphatic carbocycles. The SMILES string of the molecule is CC(C)(C)c1ccccc1N1CC(CN)OCC1=O. The summed E-state index contributed by atoms with van der Waals surface area (Å²) in [5.41, 5.74) is 7.78. The molecule has 1 aromatic carbocycles. The summed E-state index contributed by atoms with van der Waals surface area (Å²) in [4.78, 5) is 13.9. The Morgan fingerprint density at radius 1 is 1.37 bits per heavy atom. The van der Waals surface area contributed by atoms with Gasteiger partial charge in [0.25, 0.3) is 5.91 Å². The van der Waals surface area contributed by atoms with Gasteiger partial charge < -0.3 is 15.4 Å². The van der Waals surface area contributed by atoms with Gasteiger partial charge in [-0.3, -0.25) is 4.79 Å². The van der Waals surface area contributed by atoms with E-state index < -0.39 is 0 Å². The van der Waals surface area contributed by atoms with Gasteiger partial charge in [-0.25, -0.2) is 0 Å². The lowest BCUT2D eigenvalue weighted by molar-refractivity contribution is -0.128. The van der Waals surface area contributed by atoms with Crippen LogP contribution < -0.4 is 10.6 Å². The lowest BCUT2D eigenvalue weighted by Crippen LogP contribution is -2.49. The van der Waals surface area contributed by atoms with Gasteiger partial charge in [0.15, 0.2) is 0 Å². The maximum Gasteiger partial charge on any atom is 0.253 e. The summed E-state index contributed by atoms with van der Waals surface area (Å²) in [6.07, 6.45) is -0.0780. The molecule has 1 amide bonds. The normalized spacial score (nSPS) is 20.7. The van der Waals surface area contributed by atoms with Crippen LogP contribution in [0.3, 0.4) is 0 Å². The van der Waals surface area contributed by atoms with Gasteiger partial charge in [-0.2, -0.15) is 0 Å². The zero-order chi connectivity index (χ0) is 14.0. The number of rotatable bonds is 2. The molecule has 0 spiro atoms. The van der Waals surface area contributed by atoms with Crippen molar-refractivity contribution < 1.29 is 9.53 Å². The number of morpholine rings is 1. The number of anilines is 1. The maximum atomic E-state index is 12.1. The lowest BCUT2D eigenvalue weighted by Gasteiger charge is -2.35. The maximum absolute atomic E-state index is 12.1. The van der Waals surface area contributed by atoms with Crippen molar-refractivity contribution in [2.45, 2.75) is 32.3 Å². The number of carbonyl (C=O) groups is 1. The van der Waals surface area contributed by atoms with Crippen molar-refractivity contribution >= 4 is 11.6 Å². The monoisotopic (exact) mass is 262 g/mol. The second-order valence-corrected chi connectivity index (χ2v) is 5.94. The first-order chi connectivity index (χ1) is 8.93. The summed E-state index contributed by atoms with van der Waals surface area (Å²) in [5.74, 6) is 0.00130. The summed E-state index contributed by atoms with van der Waals surface area (Å²) in [6.45, 7) is 7.52. The van der Waals surface area contributed by atoms with Crippen molar-refractivity contribution in [1.82, 2.24) is 0 Å². The fourth-order valence-electron chi connectivity index (χ4n) is 2.34. The Bertz CT molecular complexity index is 465. The average Bonchev–Trinajstić information content (AvgIpc) is 2.38. The van der Waals surface area contributed by atoms with E-state index in [2.05, 4.69) is 26.8 Å². The molecule has 2 N–H and O–H groups in total. The smallest absolute Gasteiger partial charge is 0.253 e. The van der Waals surface area contributed by atoms with Crippen LogP contribution >= 0.6 is 0 Å². The molecule has 4 heteroatoms. The van der Waals surface area contributed by atoms with Crippen LogP contribution in [-0.2, 0) is 14.9 Å². The van der Waals surface area contributed by atoms with Crippen LogP contribution in [0.15, 0.2) is 24.3 Å². The predicted molar refractivity (Wildman–Crippen MR) is 76.3 cm³/mol. The Labute approximate surface area is 114 Å². The zero-order valence-corrected chi connectivity index (χ0v) is 11.8. The number of benzene rings is 1. The molecule has 1 fully saturated rings. The van der Waals surface area contributed by atoms with Gasteiger partial charge in [-0.15, -0.1) is 0 Å². The fourth-order valence-corrected chi connectivity index (χ4v) is 2.34. The van der Waals surface area contributed by atoms with Gasteiger partial charge in [0.1, 0.15) is 6.61 Å². The minimum atomic E-state index is -0.0780. The van der Waals surface area contributed by atoms with Crippen LogP contribution in [0, 0.1) is 0 Å². The lowest BCUT2D eigenvalue weighted by atomic mass is 9.85. The van der Waals surface area contributed by atoms with Gasteiger partial charge in [0.05, 0.1) is 12.6 Å². The van der Waals surface area contributed by atoms with E-state index >= 15 is 0 Å². The third kappa shape index (κ3) is 2.96. The van der Waals surface area contributed by atoms with Crippen molar-refractivity contribution in [2.24, 2.45) is 5.73 Å². The Morgan fingerprint density at radius 3 is 2.68 bits per heavy atom. The van der Waals surface area contributed by atoms with E-state index in [0.29, 0.717) is 13.1 Å². The molecule has 4 nitrogen and oxygen atoms in total. The minimum absolute atomic E-state index is 0.00130. The summed E-state index contributed by atoms with van der Waals surface area (Å²) < 4.78 is 5.40. The third-order valence-corrected chi connectivity index (χ3v) is 3.40. The Hall–Kier alpha value is -1.39. The van der Waals surface area contributed by atoms with Crippen molar-refractivity contribution in [3.05, 3.63) is 29.8 Å². The van der Waals surface area contributed by atoms with Crippen LogP contribution in [0.25, 0.3) is 0 Å². The van der Waals surface area contributed by atoms with E-state index in [-0.39, 0.29) is 24.0 Å². The summed E-state index contributed by atoms with van der Waals surface area (Å²) >= 11 is 0. The Kier molecular flexibility index (Phi) is 3.92. The van der Waals surface area contributed by atoms with Gasteiger partial charge in [0.2, 0.25) is 0 Å². The molecule has 1 aliphatic rings. The van der Waals surface area contributed by atoms with E-state index in [4.69, 9.17) is 10.5 Å². The molecule has 1 saturated heterocycles. The standard InChI is InChI=1S/C15H22N2O2/c1-15(2,3)12-6-4-5-7-13(12)17-9-11(8-16)19-10-14(17)18/h4-7,11H,8-10,16H2,1-3H3. The molecular formula is C15H22N2O2. The number of ether oxygens (including phenoxy) is 1. The quantitative estimate of drug-likeness (QED) is 0.882. The van der Waals surface area contributed by atoms with Gasteiger partial charge in [-0.05, 0) is 17.0 Å². The molecule has 1 aliphatic heterocycles. The van der Waals surface area contributed by atoms with Crippen LogP contribution in [-0.4, -0.2) is 31.7 Å². The highest BCUT2D eigenvalue weighted by atomic mass is 16.5. The Balaban J connectivity index is 2.37. The van der Waals surface area contributed by atoms with Crippen LogP contribution in [0.5, 0.6) is 0 Å². The summed E-state index contributed by atoms with van der Waals surface area (Å²) in [5, 5.41) is 0. The number of hydrogen-bond acceptors (Lipinski definition) is 3. The highest BCUT2D eigenvalue weighted by Gasteiger charge is 2.30. The molecule has 0 radical (unpaired) electrons. The van der Waals surface area contributed by atoms with E-state index in [1.54, 1.807) is 0 Å². The average molecular weight is 262 g/mol. The highest BCUT2D eigenvalue weighted by molar-refractivity contribution is 5.95. The van der Waals surface area contributed by atoms with Crippen molar-refractivity contribution in [3.63, 3.8) is 0 Å². The first kappa shape index (κ1) is 14.0. The molecule has 19 heavy (non-hydrogen) atoms. The molecule has 0 bridgehead atoms. The molecule has 1 unspecified atom stereocenters.